The fraction of sp³-hybridized carbons (Fsp3) is 0.435. The quantitative estimate of drug-likeness (QED) is 0.443. The second kappa shape index (κ2) is 10.7. The number of esters is 1. The Labute approximate surface area is 176 Å². The molecular formula is C23H29BrN2O2. The molecule has 150 valence electrons. The Bertz CT molecular complexity index is 728. The van der Waals surface area contributed by atoms with Crippen molar-refractivity contribution in [2.45, 2.75) is 25.8 Å². The van der Waals surface area contributed by atoms with E-state index in [1.807, 2.05) is 0 Å². The first-order valence-corrected chi connectivity index (χ1v) is 10.9. The lowest BCUT2D eigenvalue weighted by atomic mass is 9.96. The third-order valence-corrected chi connectivity index (χ3v) is 5.72. The van der Waals surface area contributed by atoms with Crippen molar-refractivity contribution in [2.24, 2.45) is 0 Å². The van der Waals surface area contributed by atoms with Crippen LogP contribution in [0.4, 0.5) is 0 Å². The number of benzene rings is 2. The number of carbonyl (C=O) groups excluding carboxylic acids is 1. The minimum atomic E-state index is -0.102. The molecule has 1 unspecified atom stereocenters. The molecule has 3 rings (SSSR count). The topological polar surface area (TPSA) is 32.8 Å². The van der Waals surface area contributed by atoms with Crippen molar-refractivity contribution < 1.29 is 9.53 Å². The number of hydrogen-bond donors (Lipinski definition) is 0. The Balaban J connectivity index is 1.63. The lowest BCUT2D eigenvalue weighted by molar-refractivity contribution is -0.145. The summed E-state index contributed by atoms with van der Waals surface area (Å²) < 4.78 is 6.40. The molecule has 1 aliphatic heterocycles. The van der Waals surface area contributed by atoms with E-state index in [2.05, 4.69) is 87.3 Å². The van der Waals surface area contributed by atoms with E-state index in [1.54, 1.807) is 0 Å². The standard InChI is InChI=1S/C23H29BrN2O2/c1-2-3-17-28-22(27)18-25-13-15-26(16-14-25)23(19-7-5-4-6-8-19)20-9-11-21(24)12-10-20/h4-12,23H,2-3,13-18H2,1H3. The number of piperazine rings is 1. The van der Waals surface area contributed by atoms with Gasteiger partial charge in [-0.3, -0.25) is 14.6 Å². The molecule has 4 nitrogen and oxygen atoms in total. The van der Waals surface area contributed by atoms with Gasteiger partial charge in [0.1, 0.15) is 0 Å². The summed E-state index contributed by atoms with van der Waals surface area (Å²) in [6.45, 7) is 6.64. The first-order valence-electron chi connectivity index (χ1n) is 10.1. The molecule has 0 saturated carbocycles. The van der Waals surface area contributed by atoms with Crippen LogP contribution >= 0.6 is 15.9 Å². The summed E-state index contributed by atoms with van der Waals surface area (Å²) in [4.78, 5) is 16.7. The molecule has 0 aromatic heterocycles. The van der Waals surface area contributed by atoms with Gasteiger partial charge in [-0.25, -0.2) is 0 Å². The smallest absolute Gasteiger partial charge is 0.320 e. The van der Waals surface area contributed by atoms with Gasteiger partial charge in [-0.2, -0.15) is 0 Å². The van der Waals surface area contributed by atoms with Crippen LogP contribution in [0.15, 0.2) is 59.1 Å². The summed E-state index contributed by atoms with van der Waals surface area (Å²) in [6, 6.07) is 19.5. The molecule has 1 heterocycles. The lowest BCUT2D eigenvalue weighted by Crippen LogP contribution is -2.49. The van der Waals surface area contributed by atoms with Gasteiger partial charge in [0.2, 0.25) is 0 Å². The maximum absolute atomic E-state index is 12.0. The van der Waals surface area contributed by atoms with E-state index in [-0.39, 0.29) is 12.0 Å². The molecule has 1 fully saturated rings. The van der Waals surface area contributed by atoms with Gasteiger partial charge in [0, 0.05) is 30.7 Å². The van der Waals surface area contributed by atoms with Gasteiger partial charge >= 0.3 is 5.97 Å². The SMILES string of the molecule is CCCCOC(=O)CN1CCN(C(c2ccccc2)c2ccc(Br)cc2)CC1. The highest BCUT2D eigenvalue weighted by Gasteiger charge is 2.27. The zero-order chi connectivity index (χ0) is 19.8. The van der Waals surface area contributed by atoms with E-state index < -0.39 is 0 Å². The van der Waals surface area contributed by atoms with E-state index >= 15 is 0 Å². The zero-order valence-corrected chi connectivity index (χ0v) is 18.1. The second-order valence-electron chi connectivity index (χ2n) is 7.25. The number of unbranched alkanes of at least 4 members (excludes halogenated alkanes) is 1. The third-order valence-electron chi connectivity index (χ3n) is 5.19. The molecule has 1 saturated heterocycles. The van der Waals surface area contributed by atoms with Gasteiger partial charge in [-0.1, -0.05) is 71.7 Å². The van der Waals surface area contributed by atoms with Crippen LogP contribution in [0.1, 0.15) is 36.9 Å². The van der Waals surface area contributed by atoms with Gasteiger partial charge in [0.05, 0.1) is 19.2 Å². The maximum Gasteiger partial charge on any atom is 0.320 e. The highest BCUT2D eigenvalue weighted by atomic mass is 79.9. The number of rotatable bonds is 8. The summed E-state index contributed by atoms with van der Waals surface area (Å²) >= 11 is 3.54. The molecule has 0 radical (unpaired) electrons. The molecule has 0 N–H and O–H groups in total. The van der Waals surface area contributed by atoms with Crippen molar-refractivity contribution in [1.82, 2.24) is 9.80 Å². The molecule has 1 atom stereocenters. The van der Waals surface area contributed by atoms with E-state index in [1.165, 1.54) is 11.1 Å². The summed E-state index contributed by atoms with van der Waals surface area (Å²) in [5.41, 5.74) is 2.60. The normalized spacial score (nSPS) is 16.6. The summed E-state index contributed by atoms with van der Waals surface area (Å²) in [7, 11) is 0. The van der Waals surface area contributed by atoms with Gasteiger partial charge in [0.15, 0.2) is 0 Å². The van der Waals surface area contributed by atoms with Crippen molar-refractivity contribution >= 4 is 21.9 Å². The predicted octanol–water partition coefficient (Wildman–Crippen LogP) is 4.50. The summed E-state index contributed by atoms with van der Waals surface area (Å²) in [5, 5.41) is 0. The number of halogens is 1. The van der Waals surface area contributed by atoms with E-state index in [0.29, 0.717) is 13.2 Å². The summed E-state index contributed by atoms with van der Waals surface area (Å²) in [5.74, 6) is -0.102. The minimum Gasteiger partial charge on any atom is -0.465 e. The molecule has 0 amide bonds. The van der Waals surface area contributed by atoms with E-state index in [4.69, 9.17) is 4.74 Å². The largest absolute Gasteiger partial charge is 0.465 e. The Hall–Kier alpha value is -1.69. The van der Waals surface area contributed by atoms with Gasteiger partial charge in [-0.05, 0) is 29.7 Å². The molecule has 5 heteroatoms. The number of hydrogen-bond acceptors (Lipinski definition) is 4. The van der Waals surface area contributed by atoms with Gasteiger partial charge in [-0.15, -0.1) is 0 Å². The first kappa shape index (κ1) is 21.0. The van der Waals surface area contributed by atoms with Crippen molar-refractivity contribution in [2.75, 3.05) is 39.3 Å². The van der Waals surface area contributed by atoms with Crippen LogP contribution in [0.2, 0.25) is 0 Å². The van der Waals surface area contributed by atoms with Crippen molar-refractivity contribution in [3.8, 4) is 0 Å². The van der Waals surface area contributed by atoms with Crippen molar-refractivity contribution in [3.63, 3.8) is 0 Å². The molecule has 0 aliphatic carbocycles. The minimum absolute atomic E-state index is 0.102. The molecule has 28 heavy (non-hydrogen) atoms. The Morgan fingerprint density at radius 2 is 1.64 bits per heavy atom. The van der Waals surface area contributed by atoms with Crippen molar-refractivity contribution in [1.29, 1.82) is 0 Å². The van der Waals surface area contributed by atoms with E-state index in [9.17, 15) is 4.79 Å². The molecule has 1 aliphatic rings. The monoisotopic (exact) mass is 444 g/mol. The Kier molecular flexibility index (Phi) is 8.07. The average molecular weight is 445 g/mol. The third kappa shape index (κ3) is 5.90. The van der Waals surface area contributed by atoms with Crippen LogP contribution < -0.4 is 0 Å². The number of nitrogens with zero attached hydrogens (tertiary/aromatic N) is 2. The Morgan fingerprint density at radius 1 is 1.00 bits per heavy atom. The lowest BCUT2D eigenvalue weighted by Gasteiger charge is -2.39. The van der Waals surface area contributed by atoms with Crippen LogP contribution in [-0.4, -0.2) is 55.1 Å². The van der Waals surface area contributed by atoms with Crippen LogP contribution in [0, 0.1) is 0 Å². The second-order valence-corrected chi connectivity index (χ2v) is 8.17. The molecular weight excluding hydrogens is 416 g/mol. The van der Waals surface area contributed by atoms with Crippen LogP contribution in [0.25, 0.3) is 0 Å². The Morgan fingerprint density at radius 3 is 2.29 bits per heavy atom. The highest BCUT2D eigenvalue weighted by Crippen LogP contribution is 2.30. The highest BCUT2D eigenvalue weighted by molar-refractivity contribution is 9.10. The molecule has 2 aromatic carbocycles. The van der Waals surface area contributed by atoms with Gasteiger partial charge < -0.3 is 4.74 Å². The first-order chi connectivity index (χ1) is 13.7. The fourth-order valence-electron chi connectivity index (χ4n) is 3.63. The van der Waals surface area contributed by atoms with Crippen LogP contribution in [-0.2, 0) is 9.53 Å². The van der Waals surface area contributed by atoms with Crippen LogP contribution in [0.5, 0.6) is 0 Å². The maximum atomic E-state index is 12.0. The average Bonchev–Trinajstić information content (AvgIpc) is 2.72. The zero-order valence-electron chi connectivity index (χ0n) is 16.5. The number of ether oxygens (including phenoxy) is 1. The van der Waals surface area contributed by atoms with Crippen LogP contribution in [0.3, 0.4) is 0 Å². The molecule has 0 bridgehead atoms. The fourth-order valence-corrected chi connectivity index (χ4v) is 3.90. The van der Waals surface area contributed by atoms with E-state index in [0.717, 1.165) is 43.5 Å². The predicted molar refractivity (Wildman–Crippen MR) is 116 cm³/mol. The molecule has 0 spiro atoms. The van der Waals surface area contributed by atoms with Crippen molar-refractivity contribution in [3.05, 3.63) is 70.2 Å². The summed E-state index contributed by atoms with van der Waals surface area (Å²) in [6.07, 6.45) is 1.98. The number of carbonyl (C=O) groups is 1. The molecule has 2 aromatic rings. The van der Waals surface area contributed by atoms with Gasteiger partial charge in [0.25, 0.3) is 0 Å².